The van der Waals surface area contributed by atoms with E-state index in [0.717, 1.165) is 24.1 Å². The zero-order chi connectivity index (χ0) is 16.2. The van der Waals surface area contributed by atoms with Gasteiger partial charge in [0, 0.05) is 11.9 Å². The van der Waals surface area contributed by atoms with Crippen molar-refractivity contribution in [2.24, 2.45) is 5.92 Å². The van der Waals surface area contributed by atoms with Gasteiger partial charge < -0.3 is 9.47 Å². The zero-order valence-electron chi connectivity index (χ0n) is 13.3. The molecule has 5 heteroatoms. The monoisotopic (exact) mass is 317 g/mol. The third kappa shape index (κ3) is 2.21. The summed E-state index contributed by atoms with van der Waals surface area (Å²) in [6.45, 7) is 3.79. The Morgan fingerprint density at radius 1 is 1.43 bits per heavy atom. The van der Waals surface area contributed by atoms with E-state index in [-0.39, 0.29) is 12.0 Å². The molecule has 0 spiro atoms. The molecule has 1 aromatic rings. The molecule has 1 aromatic heterocycles. The number of alkyl halides is 1. The lowest BCUT2D eigenvalue weighted by Crippen LogP contribution is -2.49. The minimum atomic E-state index is -1.48. The first-order valence-electron chi connectivity index (χ1n) is 8.09. The summed E-state index contributed by atoms with van der Waals surface area (Å²) in [4.78, 5) is 16.5. The second-order valence-electron chi connectivity index (χ2n) is 7.10. The molecule has 1 aliphatic heterocycles. The molecule has 0 aromatic carbocycles. The van der Waals surface area contributed by atoms with Crippen LogP contribution in [0, 0.1) is 12.8 Å². The number of aromatic nitrogens is 1. The van der Waals surface area contributed by atoms with Crippen molar-refractivity contribution in [3.63, 3.8) is 0 Å². The smallest absolute Gasteiger partial charge is 0.337 e. The van der Waals surface area contributed by atoms with Crippen molar-refractivity contribution in [1.29, 1.82) is 0 Å². The van der Waals surface area contributed by atoms with Crippen molar-refractivity contribution in [3.8, 4) is 0 Å². The summed E-state index contributed by atoms with van der Waals surface area (Å²) in [6, 6.07) is 3.89. The van der Waals surface area contributed by atoms with Crippen LogP contribution in [0.1, 0.15) is 37.4 Å². The highest BCUT2D eigenvalue weighted by molar-refractivity contribution is 5.94. The Balaban J connectivity index is 1.67. The van der Waals surface area contributed by atoms with Crippen LogP contribution >= 0.6 is 0 Å². The first kappa shape index (κ1) is 14.8. The van der Waals surface area contributed by atoms with Crippen LogP contribution in [0.4, 0.5) is 4.39 Å². The number of carbonyl (C=O) groups is 1. The lowest BCUT2D eigenvalue weighted by atomic mass is 9.72. The molecule has 2 fully saturated rings. The Hall–Kier alpha value is -1.75. The van der Waals surface area contributed by atoms with E-state index in [2.05, 4.69) is 4.98 Å². The van der Waals surface area contributed by atoms with Gasteiger partial charge in [-0.05, 0) is 56.7 Å². The Bertz CT molecular complexity index is 682. The van der Waals surface area contributed by atoms with Crippen molar-refractivity contribution in [2.75, 3.05) is 0 Å². The van der Waals surface area contributed by atoms with E-state index in [0.29, 0.717) is 18.6 Å². The van der Waals surface area contributed by atoms with E-state index in [1.54, 1.807) is 6.20 Å². The molecule has 4 atom stereocenters. The fraction of sp³-hybridized carbons (Fsp3) is 0.556. The maximum Gasteiger partial charge on any atom is 0.337 e. The van der Waals surface area contributed by atoms with Crippen LogP contribution < -0.4 is 0 Å². The number of ether oxygens (including phenoxy) is 2. The van der Waals surface area contributed by atoms with Gasteiger partial charge in [0.1, 0.15) is 17.4 Å². The largest absolute Gasteiger partial charge is 0.455 e. The fourth-order valence-corrected chi connectivity index (χ4v) is 4.28. The number of esters is 1. The van der Waals surface area contributed by atoms with Gasteiger partial charge >= 0.3 is 5.97 Å². The molecule has 2 aliphatic carbocycles. The molecule has 4 nitrogen and oxygen atoms in total. The van der Waals surface area contributed by atoms with Gasteiger partial charge in [0.2, 0.25) is 0 Å². The van der Waals surface area contributed by atoms with Gasteiger partial charge in [-0.15, -0.1) is 0 Å². The third-order valence-electron chi connectivity index (χ3n) is 5.29. The molecule has 0 bridgehead atoms. The molecule has 2 heterocycles. The molecule has 1 unspecified atom stereocenters. The van der Waals surface area contributed by atoms with Crippen molar-refractivity contribution < 1.29 is 18.7 Å². The van der Waals surface area contributed by atoms with Crippen molar-refractivity contribution in [1.82, 2.24) is 4.98 Å². The van der Waals surface area contributed by atoms with Crippen LogP contribution in [0.2, 0.25) is 0 Å². The molecule has 1 saturated carbocycles. The minimum Gasteiger partial charge on any atom is -0.455 e. The molecule has 3 aliphatic rings. The number of pyridine rings is 1. The normalized spacial score (nSPS) is 38.2. The van der Waals surface area contributed by atoms with Gasteiger partial charge in [0.15, 0.2) is 0 Å². The Morgan fingerprint density at radius 3 is 3.00 bits per heavy atom. The van der Waals surface area contributed by atoms with E-state index >= 15 is 0 Å². The maximum atomic E-state index is 14.6. The number of halogens is 1. The molecule has 122 valence electrons. The molecule has 0 N–H and O–H groups in total. The SMILES string of the molecule is Cc1ccc(CO[C@]23C4=C[C@](C)(F)CC2CC[C@H]3OC4=O)cn1. The average Bonchev–Trinajstić information content (AvgIpc) is 2.96. The summed E-state index contributed by atoms with van der Waals surface area (Å²) >= 11 is 0. The van der Waals surface area contributed by atoms with E-state index < -0.39 is 17.2 Å². The number of hydrogen-bond donors (Lipinski definition) is 0. The summed E-state index contributed by atoms with van der Waals surface area (Å²) < 4.78 is 26.3. The first-order valence-corrected chi connectivity index (χ1v) is 8.09. The third-order valence-corrected chi connectivity index (χ3v) is 5.29. The van der Waals surface area contributed by atoms with E-state index in [4.69, 9.17) is 9.47 Å². The number of hydrogen-bond acceptors (Lipinski definition) is 4. The first-order chi connectivity index (χ1) is 10.9. The van der Waals surface area contributed by atoms with Crippen molar-refractivity contribution >= 4 is 5.97 Å². The van der Waals surface area contributed by atoms with Gasteiger partial charge in [0.05, 0.1) is 12.2 Å². The summed E-state index contributed by atoms with van der Waals surface area (Å²) in [5, 5.41) is 0. The van der Waals surface area contributed by atoms with Crippen LogP contribution in [0.3, 0.4) is 0 Å². The Morgan fingerprint density at radius 2 is 2.26 bits per heavy atom. The van der Waals surface area contributed by atoms with Crippen LogP contribution in [-0.4, -0.2) is 28.3 Å². The number of aryl methyl sites for hydroxylation is 1. The second-order valence-corrected chi connectivity index (χ2v) is 7.10. The maximum absolute atomic E-state index is 14.6. The van der Waals surface area contributed by atoms with Gasteiger partial charge in [-0.3, -0.25) is 4.98 Å². The Kier molecular flexibility index (Phi) is 3.14. The highest BCUT2D eigenvalue weighted by atomic mass is 19.1. The number of carbonyl (C=O) groups excluding carboxylic acids is 1. The predicted octanol–water partition coefficient (Wildman–Crippen LogP) is 3.04. The molecular weight excluding hydrogens is 297 g/mol. The van der Waals surface area contributed by atoms with Crippen molar-refractivity contribution in [2.45, 2.75) is 57.1 Å². The van der Waals surface area contributed by atoms with E-state index in [1.165, 1.54) is 13.0 Å². The standard InChI is InChI=1S/C18H20FNO3/c1-11-3-4-12(9-20-11)10-22-18-13-5-6-15(18)23-16(21)14(18)8-17(2,19)7-13/h3-4,8-9,13,15H,5-7,10H2,1-2H3/t13?,15-,17-,18+/m1/s1. The van der Waals surface area contributed by atoms with Gasteiger partial charge in [-0.2, -0.15) is 0 Å². The molecule has 1 saturated heterocycles. The molecule has 0 radical (unpaired) electrons. The molecule has 23 heavy (non-hydrogen) atoms. The highest BCUT2D eigenvalue weighted by Gasteiger charge is 2.65. The average molecular weight is 317 g/mol. The van der Waals surface area contributed by atoms with Crippen LogP contribution in [0.5, 0.6) is 0 Å². The lowest BCUT2D eigenvalue weighted by Gasteiger charge is -2.40. The minimum absolute atomic E-state index is 0.0210. The Labute approximate surface area is 134 Å². The number of allylic oxidation sites excluding steroid dienone is 1. The van der Waals surface area contributed by atoms with Gasteiger partial charge in [-0.1, -0.05) is 6.07 Å². The molecule has 4 rings (SSSR count). The summed E-state index contributed by atoms with van der Waals surface area (Å²) in [7, 11) is 0. The van der Waals surface area contributed by atoms with Crippen molar-refractivity contribution in [3.05, 3.63) is 41.2 Å². The van der Waals surface area contributed by atoms with Crippen LogP contribution in [0.15, 0.2) is 30.0 Å². The van der Waals surface area contributed by atoms with E-state index in [9.17, 15) is 9.18 Å². The molecular formula is C18H20FNO3. The predicted molar refractivity (Wildman–Crippen MR) is 81.3 cm³/mol. The summed E-state index contributed by atoms with van der Waals surface area (Å²) in [6.07, 6.45) is 4.83. The summed E-state index contributed by atoms with van der Waals surface area (Å²) in [5.41, 5.74) is 0.000159. The van der Waals surface area contributed by atoms with Gasteiger partial charge in [-0.25, -0.2) is 9.18 Å². The zero-order valence-corrected chi connectivity index (χ0v) is 13.3. The number of nitrogens with zero attached hydrogens (tertiary/aromatic N) is 1. The fourth-order valence-electron chi connectivity index (χ4n) is 4.28. The van der Waals surface area contributed by atoms with Crippen LogP contribution in [0.25, 0.3) is 0 Å². The quantitative estimate of drug-likeness (QED) is 0.804. The highest BCUT2D eigenvalue weighted by Crippen LogP contribution is 2.56. The lowest BCUT2D eigenvalue weighted by molar-refractivity contribution is -0.142. The number of rotatable bonds is 3. The topological polar surface area (TPSA) is 48.4 Å². The second kappa shape index (κ2) is 4.87. The van der Waals surface area contributed by atoms with Gasteiger partial charge in [0.25, 0.3) is 0 Å². The molecule has 0 amide bonds. The summed E-state index contributed by atoms with van der Waals surface area (Å²) in [5.74, 6) is -0.447. The van der Waals surface area contributed by atoms with E-state index in [1.807, 2.05) is 19.1 Å². The van der Waals surface area contributed by atoms with Crippen LogP contribution in [-0.2, 0) is 20.9 Å².